The van der Waals surface area contributed by atoms with Crippen LogP contribution in [0.1, 0.15) is 36.0 Å². The third-order valence-corrected chi connectivity index (χ3v) is 5.66. The van der Waals surface area contributed by atoms with Gasteiger partial charge in [0.1, 0.15) is 5.75 Å². The first kappa shape index (κ1) is 13.9. The van der Waals surface area contributed by atoms with Crippen LogP contribution < -0.4 is 4.74 Å². The third kappa shape index (κ3) is 2.82. The number of halogens is 2. The van der Waals surface area contributed by atoms with E-state index in [9.17, 15) is 13.6 Å². The van der Waals surface area contributed by atoms with Gasteiger partial charge in [0.2, 0.25) is 0 Å². The van der Waals surface area contributed by atoms with Gasteiger partial charge in [-0.15, -0.1) is 0 Å². The molecule has 2 unspecified atom stereocenters. The highest BCUT2D eigenvalue weighted by Gasteiger charge is 2.38. The summed E-state index contributed by atoms with van der Waals surface area (Å²) < 4.78 is 29.3. The first-order chi connectivity index (χ1) is 9.63. The number of alkyl halides is 2. The predicted octanol–water partition coefficient (Wildman–Crippen LogP) is 4.14. The average molecular weight is 298 g/mol. The summed E-state index contributed by atoms with van der Waals surface area (Å²) in [6.45, 7) is -2.90. The van der Waals surface area contributed by atoms with Crippen LogP contribution in [0.5, 0.6) is 5.75 Å². The Bertz CT molecular complexity index is 494. The van der Waals surface area contributed by atoms with E-state index >= 15 is 0 Å². The minimum Gasteiger partial charge on any atom is -0.434 e. The number of rotatable bonds is 4. The van der Waals surface area contributed by atoms with Crippen LogP contribution in [-0.4, -0.2) is 22.9 Å². The van der Waals surface area contributed by atoms with E-state index in [1.54, 1.807) is 18.2 Å². The van der Waals surface area contributed by atoms with Gasteiger partial charge in [0, 0.05) is 16.4 Å². The van der Waals surface area contributed by atoms with Crippen LogP contribution in [0.4, 0.5) is 8.78 Å². The molecule has 2 saturated heterocycles. The van der Waals surface area contributed by atoms with E-state index < -0.39 is 6.61 Å². The molecule has 1 aromatic carbocycles. The fraction of sp³-hybridized carbons (Fsp3) is 0.533. The lowest BCUT2D eigenvalue weighted by atomic mass is 9.90. The van der Waals surface area contributed by atoms with E-state index in [2.05, 4.69) is 4.74 Å². The Kier molecular flexibility index (Phi) is 3.96. The van der Waals surface area contributed by atoms with Crippen LogP contribution in [0.25, 0.3) is 0 Å². The van der Waals surface area contributed by atoms with Gasteiger partial charge in [-0.3, -0.25) is 4.79 Å². The van der Waals surface area contributed by atoms with E-state index in [1.807, 2.05) is 11.8 Å². The maximum atomic E-state index is 12.6. The molecule has 2 aliphatic heterocycles. The molecule has 0 N–H and O–H groups in total. The van der Waals surface area contributed by atoms with Crippen molar-refractivity contribution >= 4 is 17.5 Å². The standard InChI is InChI=1S/C15H16F2O2S/c16-15(17)19-13-4-2-1-3-12(13)14(18)9-7-10-5-6-11(8-9)20-10/h1-4,9-11,15H,5-8H2. The van der Waals surface area contributed by atoms with Crippen LogP contribution >= 0.6 is 11.8 Å². The Morgan fingerprint density at radius 3 is 2.50 bits per heavy atom. The fourth-order valence-electron chi connectivity index (χ4n) is 3.16. The summed E-state index contributed by atoms with van der Waals surface area (Å²) in [5.74, 6) is -0.0901. The Labute approximate surface area is 120 Å². The molecule has 2 bridgehead atoms. The van der Waals surface area contributed by atoms with Gasteiger partial charge < -0.3 is 4.74 Å². The van der Waals surface area contributed by atoms with Crippen molar-refractivity contribution < 1.29 is 18.3 Å². The van der Waals surface area contributed by atoms with Gasteiger partial charge >= 0.3 is 6.61 Å². The molecule has 0 aliphatic carbocycles. The number of ether oxygens (including phenoxy) is 1. The average Bonchev–Trinajstić information content (AvgIpc) is 2.76. The van der Waals surface area contributed by atoms with Gasteiger partial charge in [0.05, 0.1) is 5.56 Å². The lowest BCUT2D eigenvalue weighted by molar-refractivity contribution is -0.0501. The SMILES string of the molecule is O=C(c1ccccc1OC(F)F)C1CC2CCC(C1)S2. The van der Waals surface area contributed by atoms with Gasteiger partial charge in [-0.25, -0.2) is 0 Å². The summed E-state index contributed by atoms with van der Waals surface area (Å²) in [7, 11) is 0. The van der Waals surface area contributed by atoms with Crippen molar-refractivity contribution in [2.75, 3.05) is 0 Å². The van der Waals surface area contributed by atoms with Crippen LogP contribution in [0.3, 0.4) is 0 Å². The number of benzene rings is 1. The lowest BCUT2D eigenvalue weighted by Gasteiger charge is -2.26. The summed E-state index contributed by atoms with van der Waals surface area (Å²) >= 11 is 1.98. The third-order valence-electron chi connectivity index (χ3n) is 4.03. The van der Waals surface area contributed by atoms with Crippen molar-refractivity contribution in [2.45, 2.75) is 42.8 Å². The molecule has 2 heterocycles. The van der Waals surface area contributed by atoms with Crippen molar-refractivity contribution in [3.63, 3.8) is 0 Å². The molecule has 2 nitrogen and oxygen atoms in total. The van der Waals surface area contributed by atoms with E-state index in [0.29, 0.717) is 16.1 Å². The molecule has 0 spiro atoms. The van der Waals surface area contributed by atoms with Crippen molar-refractivity contribution in [1.29, 1.82) is 0 Å². The maximum Gasteiger partial charge on any atom is 0.387 e. The normalized spacial score (nSPS) is 28.6. The molecule has 20 heavy (non-hydrogen) atoms. The van der Waals surface area contributed by atoms with E-state index in [4.69, 9.17) is 0 Å². The highest BCUT2D eigenvalue weighted by atomic mass is 32.2. The Morgan fingerprint density at radius 1 is 1.20 bits per heavy atom. The number of hydrogen-bond acceptors (Lipinski definition) is 3. The molecule has 0 aromatic heterocycles. The topological polar surface area (TPSA) is 26.3 Å². The lowest BCUT2D eigenvalue weighted by Crippen LogP contribution is -2.25. The minimum absolute atomic E-state index is 0.00178. The van der Waals surface area contributed by atoms with Crippen molar-refractivity contribution in [3.05, 3.63) is 29.8 Å². The van der Waals surface area contributed by atoms with Gasteiger partial charge in [-0.2, -0.15) is 20.5 Å². The molecule has 0 saturated carbocycles. The van der Waals surface area contributed by atoms with E-state index in [0.717, 1.165) is 12.8 Å². The molecular weight excluding hydrogens is 282 g/mol. The zero-order valence-electron chi connectivity index (χ0n) is 10.9. The van der Waals surface area contributed by atoms with Crippen LogP contribution in [0.15, 0.2) is 24.3 Å². The first-order valence-corrected chi connectivity index (χ1v) is 7.81. The largest absolute Gasteiger partial charge is 0.434 e. The predicted molar refractivity (Wildman–Crippen MR) is 74.5 cm³/mol. The molecule has 3 rings (SSSR count). The molecule has 2 aliphatic rings. The summed E-state index contributed by atoms with van der Waals surface area (Å²) in [6.07, 6.45) is 4.08. The fourth-order valence-corrected chi connectivity index (χ4v) is 4.94. The number of ketones is 1. The molecule has 0 amide bonds. The van der Waals surface area contributed by atoms with Gasteiger partial charge in [-0.05, 0) is 37.8 Å². The zero-order valence-corrected chi connectivity index (χ0v) is 11.7. The Hall–Kier alpha value is -1.10. The van der Waals surface area contributed by atoms with Gasteiger partial charge in [0.25, 0.3) is 0 Å². The monoisotopic (exact) mass is 298 g/mol. The van der Waals surface area contributed by atoms with Crippen LogP contribution in [0, 0.1) is 5.92 Å². The summed E-state index contributed by atoms with van der Waals surface area (Å²) in [5.41, 5.74) is 0.295. The quantitative estimate of drug-likeness (QED) is 0.781. The summed E-state index contributed by atoms with van der Waals surface area (Å²) in [6, 6.07) is 6.32. The first-order valence-electron chi connectivity index (χ1n) is 6.87. The van der Waals surface area contributed by atoms with Crippen LogP contribution in [-0.2, 0) is 0 Å². The molecule has 2 fully saturated rings. The molecule has 1 aromatic rings. The summed E-state index contributed by atoms with van der Waals surface area (Å²) in [5, 5.41) is 1.12. The molecular formula is C15H16F2O2S. The highest BCUT2D eigenvalue weighted by molar-refractivity contribution is 8.00. The molecule has 0 radical (unpaired) electrons. The highest BCUT2D eigenvalue weighted by Crippen LogP contribution is 2.47. The van der Waals surface area contributed by atoms with Gasteiger partial charge in [0.15, 0.2) is 5.78 Å². The second-order valence-electron chi connectivity index (χ2n) is 5.36. The second kappa shape index (κ2) is 5.72. The summed E-state index contributed by atoms with van der Waals surface area (Å²) in [4.78, 5) is 12.6. The molecule has 108 valence electrons. The maximum absolute atomic E-state index is 12.6. The van der Waals surface area contributed by atoms with Crippen LogP contribution in [0.2, 0.25) is 0 Å². The van der Waals surface area contributed by atoms with Crippen molar-refractivity contribution in [1.82, 2.24) is 0 Å². The van der Waals surface area contributed by atoms with Crippen molar-refractivity contribution in [3.8, 4) is 5.75 Å². The Balaban J connectivity index is 1.80. The number of Topliss-reactive ketones (excluding diaryl/α,β-unsaturated/α-hetero) is 1. The number of para-hydroxylation sites is 1. The smallest absolute Gasteiger partial charge is 0.387 e. The number of carbonyl (C=O) groups excluding carboxylic acids is 1. The number of carbonyl (C=O) groups is 1. The Morgan fingerprint density at radius 2 is 1.85 bits per heavy atom. The molecule has 2 atom stereocenters. The number of hydrogen-bond donors (Lipinski definition) is 0. The van der Waals surface area contributed by atoms with E-state index in [1.165, 1.54) is 18.9 Å². The number of fused-ring (bicyclic) bond motifs is 2. The van der Waals surface area contributed by atoms with Gasteiger partial charge in [-0.1, -0.05) is 12.1 Å². The zero-order chi connectivity index (χ0) is 14.1. The molecule has 5 heteroatoms. The van der Waals surface area contributed by atoms with E-state index in [-0.39, 0.29) is 17.5 Å². The van der Waals surface area contributed by atoms with Crippen molar-refractivity contribution in [2.24, 2.45) is 5.92 Å². The minimum atomic E-state index is -2.90. The second-order valence-corrected chi connectivity index (χ2v) is 6.97. The number of thioether (sulfide) groups is 1.